The Morgan fingerprint density at radius 3 is 2.81 bits per heavy atom. The molecule has 7 nitrogen and oxygen atoms in total. The first-order valence-corrected chi connectivity index (χ1v) is 9.87. The Morgan fingerprint density at radius 2 is 2.00 bits per heavy atom. The fourth-order valence-electron chi connectivity index (χ4n) is 3.70. The number of nitrogens with one attached hydrogen (secondary N) is 2. The SMILES string of the molecule is O=COc1cc(C(F)(F)F)ccc1-c1nnc(NC2CCCNCC2)c2cnccc12. The average Bonchev–Trinajstić information content (AvgIpc) is 3.02. The Bertz CT molecular complexity index is 1080. The summed E-state index contributed by atoms with van der Waals surface area (Å²) in [4.78, 5) is 15.1. The van der Waals surface area contributed by atoms with Gasteiger partial charge in [0.2, 0.25) is 0 Å². The number of fused-ring (bicyclic) bond motifs is 1. The Kier molecular flexibility index (Phi) is 5.99. The smallest absolute Gasteiger partial charge is 0.416 e. The van der Waals surface area contributed by atoms with Crippen molar-refractivity contribution in [2.24, 2.45) is 0 Å². The topological polar surface area (TPSA) is 89.0 Å². The van der Waals surface area contributed by atoms with E-state index in [0.29, 0.717) is 22.3 Å². The summed E-state index contributed by atoms with van der Waals surface area (Å²) in [7, 11) is 0. The number of benzene rings is 1. The number of alkyl halides is 3. The molecule has 31 heavy (non-hydrogen) atoms. The number of hydrogen-bond acceptors (Lipinski definition) is 7. The van der Waals surface area contributed by atoms with Gasteiger partial charge in [0.25, 0.3) is 6.47 Å². The third-order valence-electron chi connectivity index (χ3n) is 5.24. The highest BCUT2D eigenvalue weighted by Crippen LogP contribution is 2.39. The van der Waals surface area contributed by atoms with Gasteiger partial charge in [-0.1, -0.05) is 0 Å². The first kappa shape index (κ1) is 21.0. The molecule has 0 aliphatic carbocycles. The summed E-state index contributed by atoms with van der Waals surface area (Å²) < 4.78 is 44.2. The number of carbonyl (C=O) groups excluding carboxylic acids is 1. The highest BCUT2D eigenvalue weighted by atomic mass is 19.4. The number of ether oxygens (including phenoxy) is 1. The van der Waals surface area contributed by atoms with Crippen molar-refractivity contribution in [3.63, 3.8) is 0 Å². The van der Waals surface area contributed by atoms with Gasteiger partial charge in [0, 0.05) is 34.8 Å². The molecular weight excluding hydrogens is 411 g/mol. The summed E-state index contributed by atoms with van der Waals surface area (Å²) in [6, 6.07) is 4.87. The molecule has 0 bridgehead atoms. The van der Waals surface area contributed by atoms with Crippen LogP contribution < -0.4 is 15.4 Å². The van der Waals surface area contributed by atoms with Crippen molar-refractivity contribution >= 4 is 23.1 Å². The van der Waals surface area contributed by atoms with Gasteiger partial charge in [-0.25, -0.2) is 0 Å². The van der Waals surface area contributed by atoms with Gasteiger partial charge in [0.15, 0.2) is 5.82 Å². The normalized spacial score (nSPS) is 17.2. The molecule has 1 aliphatic rings. The van der Waals surface area contributed by atoms with E-state index in [2.05, 4.69) is 25.8 Å². The van der Waals surface area contributed by atoms with E-state index in [1.54, 1.807) is 18.5 Å². The highest BCUT2D eigenvalue weighted by Gasteiger charge is 2.32. The Balaban J connectivity index is 1.78. The molecule has 0 spiro atoms. The Hall–Kier alpha value is -3.27. The molecule has 0 saturated carbocycles. The van der Waals surface area contributed by atoms with Crippen LogP contribution in [0.5, 0.6) is 5.75 Å². The van der Waals surface area contributed by atoms with Crippen LogP contribution in [0.1, 0.15) is 24.8 Å². The zero-order valence-corrected chi connectivity index (χ0v) is 16.4. The van der Waals surface area contributed by atoms with Crippen molar-refractivity contribution in [2.45, 2.75) is 31.5 Å². The largest absolute Gasteiger partial charge is 0.428 e. The minimum Gasteiger partial charge on any atom is -0.428 e. The van der Waals surface area contributed by atoms with Crippen LogP contribution in [0.2, 0.25) is 0 Å². The average molecular weight is 431 g/mol. The van der Waals surface area contributed by atoms with Crippen molar-refractivity contribution in [2.75, 3.05) is 18.4 Å². The minimum absolute atomic E-state index is 0.0895. The Labute approximate surface area is 176 Å². The number of aromatic nitrogens is 3. The summed E-state index contributed by atoms with van der Waals surface area (Å²) in [6.07, 6.45) is 1.58. The molecule has 1 saturated heterocycles. The van der Waals surface area contributed by atoms with Gasteiger partial charge >= 0.3 is 6.18 Å². The van der Waals surface area contributed by atoms with E-state index in [-0.39, 0.29) is 23.8 Å². The van der Waals surface area contributed by atoms with Gasteiger partial charge < -0.3 is 15.4 Å². The third-order valence-corrected chi connectivity index (χ3v) is 5.24. The molecule has 1 aliphatic heterocycles. The van der Waals surface area contributed by atoms with Gasteiger partial charge in [-0.3, -0.25) is 9.78 Å². The first-order valence-electron chi connectivity index (χ1n) is 9.87. The monoisotopic (exact) mass is 431 g/mol. The van der Waals surface area contributed by atoms with Crippen molar-refractivity contribution in [3.8, 4) is 17.0 Å². The molecule has 162 valence electrons. The summed E-state index contributed by atoms with van der Waals surface area (Å²) >= 11 is 0. The lowest BCUT2D eigenvalue weighted by Crippen LogP contribution is -2.22. The quantitative estimate of drug-likeness (QED) is 0.594. The molecule has 10 heteroatoms. The highest BCUT2D eigenvalue weighted by molar-refractivity contribution is 6.00. The van der Waals surface area contributed by atoms with Crippen LogP contribution in [0.3, 0.4) is 0 Å². The van der Waals surface area contributed by atoms with Crippen LogP contribution >= 0.6 is 0 Å². The Morgan fingerprint density at radius 1 is 1.13 bits per heavy atom. The molecular formula is C21H20F3N5O2. The van der Waals surface area contributed by atoms with E-state index in [1.807, 2.05) is 0 Å². The van der Waals surface area contributed by atoms with Crippen molar-refractivity contribution in [3.05, 3.63) is 42.2 Å². The number of anilines is 1. The lowest BCUT2D eigenvalue weighted by Gasteiger charge is -2.18. The van der Waals surface area contributed by atoms with E-state index >= 15 is 0 Å². The van der Waals surface area contributed by atoms with Crippen LogP contribution in [-0.2, 0) is 11.0 Å². The van der Waals surface area contributed by atoms with E-state index in [4.69, 9.17) is 4.74 Å². The molecule has 1 aromatic carbocycles. The fraction of sp³-hybridized carbons (Fsp3) is 0.333. The van der Waals surface area contributed by atoms with Crippen LogP contribution in [0, 0.1) is 0 Å². The number of hydrogen-bond donors (Lipinski definition) is 2. The van der Waals surface area contributed by atoms with Gasteiger partial charge in [0.05, 0.1) is 5.56 Å². The lowest BCUT2D eigenvalue weighted by atomic mass is 10.0. The van der Waals surface area contributed by atoms with Crippen LogP contribution in [0.4, 0.5) is 19.0 Å². The van der Waals surface area contributed by atoms with Crippen LogP contribution in [0.25, 0.3) is 22.0 Å². The van der Waals surface area contributed by atoms with E-state index in [9.17, 15) is 18.0 Å². The molecule has 2 aromatic heterocycles. The van der Waals surface area contributed by atoms with Crippen molar-refractivity contribution < 1.29 is 22.7 Å². The van der Waals surface area contributed by atoms with Gasteiger partial charge in [-0.15, -0.1) is 10.2 Å². The van der Waals surface area contributed by atoms with Crippen molar-refractivity contribution in [1.82, 2.24) is 20.5 Å². The number of pyridine rings is 1. The number of halogens is 3. The van der Waals surface area contributed by atoms with Gasteiger partial charge in [0.1, 0.15) is 11.4 Å². The zero-order valence-electron chi connectivity index (χ0n) is 16.4. The van der Waals surface area contributed by atoms with Crippen LogP contribution in [0.15, 0.2) is 36.7 Å². The second-order valence-corrected chi connectivity index (χ2v) is 7.26. The molecule has 1 fully saturated rings. The third kappa shape index (κ3) is 4.58. The summed E-state index contributed by atoms with van der Waals surface area (Å²) in [5, 5.41) is 16.7. The standard InChI is InChI=1S/C21H20F3N5O2/c22-21(23,24)13-3-4-16(18(10-13)31-12-30)19-15-6-9-26-11-17(15)20(29-28-19)27-14-2-1-7-25-8-5-14/h3-4,6,9-12,14,25H,1-2,5,7-8H2,(H,27,29). The molecule has 1 unspecified atom stereocenters. The molecule has 3 aromatic rings. The lowest BCUT2D eigenvalue weighted by molar-refractivity contribution is -0.138. The molecule has 4 rings (SSSR count). The van der Waals surface area contributed by atoms with E-state index in [1.165, 1.54) is 6.07 Å². The fourth-order valence-corrected chi connectivity index (χ4v) is 3.70. The van der Waals surface area contributed by atoms with E-state index < -0.39 is 11.7 Å². The maximum Gasteiger partial charge on any atom is 0.416 e. The zero-order chi connectivity index (χ0) is 21.8. The van der Waals surface area contributed by atoms with Crippen molar-refractivity contribution in [1.29, 1.82) is 0 Å². The molecule has 2 N–H and O–H groups in total. The maximum absolute atomic E-state index is 13.1. The van der Waals surface area contributed by atoms with Crippen LogP contribution in [-0.4, -0.2) is 40.8 Å². The molecule has 0 amide bonds. The minimum atomic E-state index is -4.57. The van der Waals surface area contributed by atoms with Gasteiger partial charge in [-0.05, 0) is 56.6 Å². The predicted molar refractivity (Wildman–Crippen MR) is 109 cm³/mol. The second kappa shape index (κ2) is 8.84. The maximum atomic E-state index is 13.1. The number of rotatable bonds is 5. The second-order valence-electron chi connectivity index (χ2n) is 7.26. The first-order chi connectivity index (χ1) is 15.0. The van der Waals surface area contributed by atoms with E-state index in [0.717, 1.165) is 44.5 Å². The molecule has 3 heterocycles. The summed E-state index contributed by atoms with van der Waals surface area (Å²) in [6.45, 7) is 1.96. The number of carbonyl (C=O) groups is 1. The predicted octanol–water partition coefficient (Wildman–Crippen LogP) is 3.80. The number of nitrogens with zero attached hydrogens (tertiary/aromatic N) is 3. The summed E-state index contributed by atoms with van der Waals surface area (Å²) in [5.74, 6) is 0.316. The van der Waals surface area contributed by atoms with Gasteiger partial charge in [-0.2, -0.15) is 13.2 Å². The summed E-state index contributed by atoms with van der Waals surface area (Å²) in [5.41, 5.74) is -0.391. The molecule has 1 atom stereocenters. The molecule has 0 radical (unpaired) electrons.